The number of nitrogens with zero attached hydrogens (tertiary/aromatic N) is 2. The Kier molecular flexibility index (Phi) is 12.1. The van der Waals surface area contributed by atoms with Crippen LogP contribution < -0.4 is 4.74 Å². The highest BCUT2D eigenvalue weighted by Gasteiger charge is 2.16. The van der Waals surface area contributed by atoms with E-state index in [-0.39, 0.29) is 31.4 Å². The van der Waals surface area contributed by atoms with Crippen molar-refractivity contribution in [3.63, 3.8) is 0 Å². The minimum absolute atomic E-state index is 0. The molecule has 0 bridgehead atoms. The molecule has 7 heteroatoms. The maximum Gasteiger partial charge on any atom is 0.127 e. The molecule has 1 aliphatic heterocycles. The molecule has 2 aromatic rings. The van der Waals surface area contributed by atoms with E-state index in [1.807, 2.05) is 36.4 Å². The van der Waals surface area contributed by atoms with Crippen LogP contribution in [0.4, 0.5) is 0 Å². The number of halogens is 2. The van der Waals surface area contributed by atoms with E-state index in [0.717, 1.165) is 50.8 Å². The zero-order valence-corrected chi connectivity index (χ0v) is 17.7. The van der Waals surface area contributed by atoms with Crippen molar-refractivity contribution in [3.8, 4) is 11.5 Å². The van der Waals surface area contributed by atoms with Gasteiger partial charge < -0.3 is 14.6 Å². The second-order valence-electron chi connectivity index (χ2n) is 6.52. The van der Waals surface area contributed by atoms with Crippen molar-refractivity contribution in [2.75, 3.05) is 52.5 Å². The van der Waals surface area contributed by atoms with Gasteiger partial charge in [0.05, 0.1) is 19.8 Å². The Morgan fingerprint density at radius 3 is 2.18 bits per heavy atom. The summed E-state index contributed by atoms with van der Waals surface area (Å²) in [5.74, 6) is 1.75. The van der Waals surface area contributed by atoms with E-state index < -0.39 is 0 Å². The highest BCUT2D eigenvalue weighted by molar-refractivity contribution is 5.85. The number of benzene rings is 2. The monoisotopic (exact) mass is 428 g/mol. The second-order valence-corrected chi connectivity index (χ2v) is 6.52. The first-order chi connectivity index (χ1) is 12.8. The fourth-order valence-corrected chi connectivity index (χ4v) is 3.12. The van der Waals surface area contributed by atoms with Crippen molar-refractivity contribution in [1.82, 2.24) is 9.80 Å². The molecule has 0 aliphatic carbocycles. The molecule has 2 aromatic carbocycles. The van der Waals surface area contributed by atoms with E-state index in [2.05, 4.69) is 28.0 Å². The first-order valence-electron chi connectivity index (χ1n) is 9.28. The summed E-state index contributed by atoms with van der Waals surface area (Å²) >= 11 is 0. The SMILES string of the molecule is Cl.Cl.OCCOCCN1CCN(Cc2cccc(Oc3ccccc3)c2)CC1. The molecule has 1 saturated heterocycles. The highest BCUT2D eigenvalue weighted by Crippen LogP contribution is 2.22. The van der Waals surface area contributed by atoms with Crippen LogP contribution in [-0.2, 0) is 11.3 Å². The molecule has 0 amide bonds. The summed E-state index contributed by atoms with van der Waals surface area (Å²) in [7, 11) is 0. The third-order valence-electron chi connectivity index (χ3n) is 4.54. The van der Waals surface area contributed by atoms with Crippen molar-refractivity contribution in [3.05, 3.63) is 60.2 Å². The lowest BCUT2D eigenvalue weighted by molar-refractivity contribution is 0.0564. The van der Waals surface area contributed by atoms with E-state index in [9.17, 15) is 0 Å². The van der Waals surface area contributed by atoms with Crippen molar-refractivity contribution < 1.29 is 14.6 Å². The van der Waals surface area contributed by atoms with Gasteiger partial charge in [-0.05, 0) is 29.8 Å². The third kappa shape index (κ3) is 8.35. The predicted octanol–water partition coefficient (Wildman–Crippen LogP) is 3.45. The van der Waals surface area contributed by atoms with Gasteiger partial charge in [0.25, 0.3) is 0 Å². The van der Waals surface area contributed by atoms with Gasteiger partial charge in [0.1, 0.15) is 11.5 Å². The van der Waals surface area contributed by atoms with Gasteiger partial charge in [-0.15, -0.1) is 24.8 Å². The van der Waals surface area contributed by atoms with Crippen LogP contribution in [0.5, 0.6) is 11.5 Å². The second kappa shape index (κ2) is 13.8. The van der Waals surface area contributed by atoms with Crippen molar-refractivity contribution in [2.45, 2.75) is 6.54 Å². The smallest absolute Gasteiger partial charge is 0.127 e. The normalized spacial score (nSPS) is 14.8. The molecule has 156 valence electrons. The van der Waals surface area contributed by atoms with Gasteiger partial charge in [0.2, 0.25) is 0 Å². The lowest BCUT2D eigenvalue weighted by Gasteiger charge is -2.34. The Labute approximate surface area is 180 Å². The van der Waals surface area contributed by atoms with Gasteiger partial charge in [0.15, 0.2) is 0 Å². The van der Waals surface area contributed by atoms with Gasteiger partial charge in [-0.3, -0.25) is 9.80 Å². The minimum atomic E-state index is 0. The van der Waals surface area contributed by atoms with Crippen LogP contribution in [0.1, 0.15) is 5.56 Å². The van der Waals surface area contributed by atoms with Crippen LogP contribution in [0.2, 0.25) is 0 Å². The maximum atomic E-state index is 8.73. The van der Waals surface area contributed by atoms with E-state index in [1.54, 1.807) is 0 Å². The Morgan fingerprint density at radius 1 is 0.786 bits per heavy atom. The number of ether oxygens (including phenoxy) is 2. The quantitative estimate of drug-likeness (QED) is 0.619. The van der Waals surface area contributed by atoms with Crippen LogP contribution >= 0.6 is 24.8 Å². The number of para-hydroxylation sites is 1. The maximum absolute atomic E-state index is 8.73. The van der Waals surface area contributed by atoms with Crippen molar-refractivity contribution in [2.24, 2.45) is 0 Å². The van der Waals surface area contributed by atoms with Gasteiger partial charge in [-0.25, -0.2) is 0 Å². The Balaban J connectivity index is 0.00000196. The zero-order valence-electron chi connectivity index (χ0n) is 16.0. The average molecular weight is 429 g/mol. The van der Waals surface area contributed by atoms with E-state index in [1.165, 1.54) is 5.56 Å². The Hall–Kier alpha value is -1.34. The summed E-state index contributed by atoms with van der Waals surface area (Å²) in [4.78, 5) is 4.90. The van der Waals surface area contributed by atoms with Crippen LogP contribution in [0.25, 0.3) is 0 Å². The van der Waals surface area contributed by atoms with Crippen LogP contribution in [0.3, 0.4) is 0 Å². The molecule has 1 fully saturated rings. The molecular formula is C21H30Cl2N2O3. The molecule has 3 rings (SSSR count). The number of hydrogen-bond acceptors (Lipinski definition) is 5. The standard InChI is InChI=1S/C21H28N2O3.2ClH/c24-14-16-25-15-13-22-9-11-23(12-10-22)18-19-5-4-8-21(17-19)26-20-6-2-1-3-7-20;;/h1-8,17,24H,9-16,18H2;2*1H. The molecule has 1 heterocycles. The number of aliphatic hydroxyl groups is 1. The van der Waals surface area contributed by atoms with E-state index in [4.69, 9.17) is 14.6 Å². The Morgan fingerprint density at radius 2 is 1.46 bits per heavy atom. The molecule has 0 unspecified atom stereocenters. The molecule has 0 aromatic heterocycles. The van der Waals surface area contributed by atoms with E-state index in [0.29, 0.717) is 13.2 Å². The minimum Gasteiger partial charge on any atom is -0.457 e. The molecule has 0 spiro atoms. The van der Waals surface area contributed by atoms with Gasteiger partial charge in [-0.2, -0.15) is 0 Å². The zero-order chi connectivity index (χ0) is 18.0. The Bertz CT molecular complexity index is 653. The largest absolute Gasteiger partial charge is 0.457 e. The average Bonchev–Trinajstić information content (AvgIpc) is 2.68. The first-order valence-corrected chi connectivity index (χ1v) is 9.28. The highest BCUT2D eigenvalue weighted by atomic mass is 35.5. The summed E-state index contributed by atoms with van der Waals surface area (Å²) in [5, 5.41) is 8.73. The molecular weight excluding hydrogens is 399 g/mol. The van der Waals surface area contributed by atoms with Crippen molar-refractivity contribution in [1.29, 1.82) is 0 Å². The molecule has 0 radical (unpaired) electrons. The summed E-state index contributed by atoms with van der Waals surface area (Å²) in [6, 6.07) is 18.2. The van der Waals surface area contributed by atoms with E-state index >= 15 is 0 Å². The molecule has 1 aliphatic rings. The van der Waals surface area contributed by atoms with Crippen LogP contribution in [-0.4, -0.2) is 67.5 Å². The summed E-state index contributed by atoms with van der Waals surface area (Å²) in [6.07, 6.45) is 0. The fraction of sp³-hybridized carbons (Fsp3) is 0.429. The summed E-state index contributed by atoms with van der Waals surface area (Å²) in [5.41, 5.74) is 1.28. The number of piperazine rings is 1. The van der Waals surface area contributed by atoms with Gasteiger partial charge in [0, 0.05) is 39.3 Å². The third-order valence-corrected chi connectivity index (χ3v) is 4.54. The number of rotatable bonds is 9. The van der Waals surface area contributed by atoms with Gasteiger partial charge >= 0.3 is 0 Å². The van der Waals surface area contributed by atoms with Crippen LogP contribution in [0, 0.1) is 0 Å². The summed E-state index contributed by atoms with van der Waals surface area (Å²) in [6.45, 7) is 7.34. The number of hydrogen-bond donors (Lipinski definition) is 1. The lowest BCUT2D eigenvalue weighted by atomic mass is 10.2. The first kappa shape index (κ1) is 24.7. The number of aliphatic hydroxyl groups excluding tert-OH is 1. The van der Waals surface area contributed by atoms with Crippen LogP contribution in [0.15, 0.2) is 54.6 Å². The molecule has 28 heavy (non-hydrogen) atoms. The van der Waals surface area contributed by atoms with Crippen molar-refractivity contribution >= 4 is 24.8 Å². The topological polar surface area (TPSA) is 45.2 Å². The molecule has 0 atom stereocenters. The molecule has 5 nitrogen and oxygen atoms in total. The molecule has 0 saturated carbocycles. The van der Waals surface area contributed by atoms with Gasteiger partial charge in [-0.1, -0.05) is 30.3 Å². The molecule has 1 N–H and O–H groups in total. The predicted molar refractivity (Wildman–Crippen MR) is 117 cm³/mol. The fourth-order valence-electron chi connectivity index (χ4n) is 3.12. The summed E-state index contributed by atoms with van der Waals surface area (Å²) < 4.78 is 11.3. The lowest BCUT2D eigenvalue weighted by Crippen LogP contribution is -2.46.